The zero-order valence-electron chi connectivity index (χ0n) is 16.0. The Morgan fingerprint density at radius 3 is 2.61 bits per heavy atom. The van der Waals surface area contributed by atoms with Gasteiger partial charge >= 0.3 is 7.12 Å². The summed E-state index contributed by atoms with van der Waals surface area (Å²) in [6.07, 6.45) is 4.48. The molecular formula is C16H27BN6O5. The maximum Gasteiger partial charge on any atom is 0.475 e. The van der Waals surface area contributed by atoms with Crippen molar-refractivity contribution in [3.05, 3.63) is 18.2 Å². The van der Waals surface area contributed by atoms with Crippen molar-refractivity contribution in [1.29, 1.82) is 0 Å². The molecule has 2 heterocycles. The number of rotatable bonds is 8. The van der Waals surface area contributed by atoms with E-state index in [1.54, 1.807) is 6.20 Å². The van der Waals surface area contributed by atoms with Gasteiger partial charge < -0.3 is 36.3 Å². The summed E-state index contributed by atoms with van der Waals surface area (Å²) in [5, 5.41) is 23.8. The van der Waals surface area contributed by atoms with Crippen molar-refractivity contribution in [2.45, 2.75) is 57.2 Å². The molecular weight excluding hydrogens is 367 g/mol. The van der Waals surface area contributed by atoms with Gasteiger partial charge in [0.25, 0.3) is 0 Å². The smallest absolute Gasteiger partial charge is 0.426 e. The largest absolute Gasteiger partial charge is 0.475 e. The van der Waals surface area contributed by atoms with Crippen LogP contribution < -0.4 is 16.4 Å². The van der Waals surface area contributed by atoms with E-state index in [1.807, 2.05) is 0 Å². The molecule has 0 saturated carbocycles. The number of carbonyl (C=O) groups excluding carboxylic acids is 3. The van der Waals surface area contributed by atoms with Crippen LogP contribution in [0.15, 0.2) is 12.5 Å². The molecule has 1 aliphatic heterocycles. The minimum absolute atomic E-state index is 0.221. The molecule has 0 spiro atoms. The highest BCUT2D eigenvalue weighted by Gasteiger charge is 2.38. The number of hydrogen-bond acceptors (Lipinski definition) is 7. The van der Waals surface area contributed by atoms with Gasteiger partial charge in [-0.15, -0.1) is 0 Å². The van der Waals surface area contributed by atoms with E-state index in [4.69, 9.17) is 5.73 Å². The van der Waals surface area contributed by atoms with Crippen LogP contribution in [0.25, 0.3) is 0 Å². The Kier molecular flexibility index (Phi) is 7.55. The van der Waals surface area contributed by atoms with E-state index in [-0.39, 0.29) is 6.42 Å². The molecule has 28 heavy (non-hydrogen) atoms. The normalized spacial score (nSPS) is 19.6. The topological polar surface area (TPSA) is 174 Å². The summed E-state index contributed by atoms with van der Waals surface area (Å²) in [5.41, 5.74) is 6.46. The Morgan fingerprint density at radius 1 is 1.32 bits per heavy atom. The first kappa shape index (κ1) is 21.9. The predicted molar refractivity (Wildman–Crippen MR) is 100 cm³/mol. The Morgan fingerprint density at radius 2 is 2.00 bits per heavy atom. The van der Waals surface area contributed by atoms with Crippen molar-refractivity contribution in [2.24, 2.45) is 5.73 Å². The summed E-state index contributed by atoms with van der Waals surface area (Å²) in [5.74, 6) is -2.13. The SMILES string of the molecule is CC(NC(=O)C(N)Cc1c[nH]cn1)C(=O)NC(C)C(=O)N1CCCC1B(O)O. The zero-order chi connectivity index (χ0) is 20.8. The number of aromatic amines is 1. The molecule has 3 amide bonds. The van der Waals surface area contributed by atoms with Crippen LogP contribution in [0, 0.1) is 0 Å². The number of nitrogens with two attached hydrogens (primary N) is 1. The fourth-order valence-electron chi connectivity index (χ4n) is 3.13. The third kappa shape index (κ3) is 5.53. The molecule has 4 atom stereocenters. The van der Waals surface area contributed by atoms with Gasteiger partial charge in [0.2, 0.25) is 17.7 Å². The van der Waals surface area contributed by atoms with Gasteiger partial charge in [-0.2, -0.15) is 0 Å². The second kappa shape index (κ2) is 9.67. The van der Waals surface area contributed by atoms with Crippen molar-refractivity contribution in [2.75, 3.05) is 6.54 Å². The summed E-state index contributed by atoms with van der Waals surface area (Å²) < 4.78 is 0. The molecule has 11 nitrogen and oxygen atoms in total. The predicted octanol–water partition coefficient (Wildman–Crippen LogP) is -2.71. The highest BCUT2D eigenvalue weighted by Crippen LogP contribution is 2.19. The average Bonchev–Trinajstić information content (AvgIpc) is 3.32. The van der Waals surface area contributed by atoms with Gasteiger partial charge in [0.05, 0.1) is 24.0 Å². The van der Waals surface area contributed by atoms with Gasteiger partial charge in [0.15, 0.2) is 0 Å². The van der Waals surface area contributed by atoms with Gasteiger partial charge in [-0.3, -0.25) is 14.4 Å². The first-order valence-corrected chi connectivity index (χ1v) is 9.21. The van der Waals surface area contributed by atoms with Crippen LogP contribution in [0.5, 0.6) is 0 Å². The van der Waals surface area contributed by atoms with Crippen LogP contribution in [-0.4, -0.2) is 80.4 Å². The van der Waals surface area contributed by atoms with Crippen LogP contribution in [0.1, 0.15) is 32.4 Å². The van der Waals surface area contributed by atoms with E-state index >= 15 is 0 Å². The van der Waals surface area contributed by atoms with E-state index in [0.29, 0.717) is 25.1 Å². The summed E-state index contributed by atoms with van der Waals surface area (Å²) in [7, 11) is -1.62. The van der Waals surface area contributed by atoms with E-state index in [1.165, 1.54) is 25.1 Å². The second-order valence-corrected chi connectivity index (χ2v) is 6.99. The van der Waals surface area contributed by atoms with Crippen LogP contribution in [0.2, 0.25) is 0 Å². The first-order chi connectivity index (χ1) is 13.2. The third-order valence-corrected chi connectivity index (χ3v) is 4.73. The van der Waals surface area contributed by atoms with Crippen LogP contribution in [-0.2, 0) is 20.8 Å². The fourth-order valence-corrected chi connectivity index (χ4v) is 3.13. The highest BCUT2D eigenvalue weighted by atomic mass is 16.4. The number of hydrogen-bond donors (Lipinski definition) is 6. The Hall–Kier alpha value is -2.44. The Bertz CT molecular complexity index is 685. The number of H-pyrrole nitrogens is 1. The quantitative estimate of drug-likeness (QED) is 0.260. The second-order valence-electron chi connectivity index (χ2n) is 6.99. The summed E-state index contributed by atoms with van der Waals surface area (Å²) >= 11 is 0. The van der Waals surface area contributed by atoms with Crippen molar-refractivity contribution in [3.8, 4) is 0 Å². The molecule has 1 aromatic heterocycles. The number of nitrogens with zero attached hydrogens (tertiary/aromatic N) is 2. The zero-order valence-corrected chi connectivity index (χ0v) is 16.0. The molecule has 0 aliphatic carbocycles. The number of imidazole rings is 1. The molecule has 0 radical (unpaired) electrons. The number of carbonyl (C=O) groups is 3. The van der Waals surface area contributed by atoms with Crippen LogP contribution in [0.4, 0.5) is 0 Å². The average molecular weight is 394 g/mol. The summed E-state index contributed by atoms with van der Waals surface area (Å²) in [6, 6.07) is -2.64. The molecule has 1 fully saturated rings. The van der Waals surface area contributed by atoms with E-state index in [2.05, 4.69) is 20.6 Å². The van der Waals surface area contributed by atoms with Crippen molar-refractivity contribution >= 4 is 24.8 Å². The van der Waals surface area contributed by atoms with Crippen molar-refractivity contribution in [1.82, 2.24) is 25.5 Å². The molecule has 0 aromatic carbocycles. The molecule has 2 rings (SSSR count). The number of amides is 3. The van der Waals surface area contributed by atoms with E-state index in [9.17, 15) is 24.4 Å². The minimum atomic E-state index is -1.62. The van der Waals surface area contributed by atoms with Gasteiger partial charge in [-0.25, -0.2) is 4.98 Å². The van der Waals surface area contributed by atoms with Gasteiger partial charge in [-0.05, 0) is 26.7 Å². The lowest BCUT2D eigenvalue weighted by atomic mass is 9.78. The highest BCUT2D eigenvalue weighted by molar-refractivity contribution is 6.43. The lowest BCUT2D eigenvalue weighted by Crippen LogP contribution is -2.56. The number of nitrogens with one attached hydrogen (secondary N) is 3. The summed E-state index contributed by atoms with van der Waals surface area (Å²) in [4.78, 5) is 45.1. The molecule has 154 valence electrons. The maximum atomic E-state index is 12.5. The number of aromatic nitrogens is 2. The third-order valence-electron chi connectivity index (χ3n) is 4.73. The first-order valence-electron chi connectivity index (χ1n) is 9.21. The van der Waals surface area contributed by atoms with Gasteiger partial charge in [0, 0.05) is 19.2 Å². The van der Waals surface area contributed by atoms with E-state index in [0.717, 1.165) is 0 Å². The molecule has 1 aromatic rings. The Balaban J connectivity index is 1.83. The lowest BCUT2D eigenvalue weighted by molar-refractivity contribution is -0.136. The van der Waals surface area contributed by atoms with Crippen molar-refractivity contribution < 1.29 is 24.4 Å². The van der Waals surface area contributed by atoms with Gasteiger partial charge in [0.1, 0.15) is 12.1 Å². The molecule has 12 heteroatoms. The minimum Gasteiger partial charge on any atom is -0.426 e. The molecule has 7 N–H and O–H groups in total. The van der Waals surface area contributed by atoms with Gasteiger partial charge in [-0.1, -0.05) is 0 Å². The van der Waals surface area contributed by atoms with E-state index < -0.39 is 48.9 Å². The standard InChI is InChI=1S/C16H27BN6O5/c1-9(21-15(25)12(18)6-11-7-19-8-20-11)14(24)22-10(2)16(26)23-5-3-4-13(23)17(27)28/h7-10,12-13,27-28H,3-6,18H2,1-2H3,(H,19,20)(H,21,25)(H,22,24). The Labute approximate surface area is 163 Å². The van der Waals surface area contributed by atoms with Crippen LogP contribution in [0.3, 0.4) is 0 Å². The van der Waals surface area contributed by atoms with Crippen molar-refractivity contribution in [3.63, 3.8) is 0 Å². The molecule has 1 saturated heterocycles. The molecule has 0 bridgehead atoms. The number of likely N-dealkylation sites (tertiary alicyclic amines) is 1. The molecule has 4 unspecified atom stereocenters. The van der Waals surface area contributed by atoms with Crippen LogP contribution >= 0.6 is 0 Å². The fraction of sp³-hybridized carbons (Fsp3) is 0.625. The monoisotopic (exact) mass is 394 g/mol. The lowest BCUT2D eigenvalue weighted by Gasteiger charge is -2.28. The summed E-state index contributed by atoms with van der Waals surface area (Å²) in [6.45, 7) is 3.40. The molecule has 1 aliphatic rings. The maximum absolute atomic E-state index is 12.5.